The van der Waals surface area contributed by atoms with E-state index in [2.05, 4.69) is 0 Å². The normalized spacial score (nSPS) is 20.0. The SMILES string of the molecule is CCOC(=O)/C=C/C1Cc2cc(-c3ccc(C(=O)N4CC[C@H](F)C4)cc3)cc(Cl)c2O1. The summed E-state index contributed by atoms with van der Waals surface area (Å²) in [6, 6.07) is 11.1. The molecule has 2 aliphatic rings. The lowest BCUT2D eigenvalue weighted by Gasteiger charge is -2.15. The summed E-state index contributed by atoms with van der Waals surface area (Å²) in [4.78, 5) is 25.6. The topological polar surface area (TPSA) is 55.8 Å². The average Bonchev–Trinajstić information content (AvgIpc) is 3.38. The first kappa shape index (κ1) is 21.4. The summed E-state index contributed by atoms with van der Waals surface area (Å²) < 4.78 is 24.1. The Labute approximate surface area is 185 Å². The first-order chi connectivity index (χ1) is 14.9. The Morgan fingerprint density at radius 3 is 2.71 bits per heavy atom. The summed E-state index contributed by atoms with van der Waals surface area (Å²) in [6.45, 7) is 2.69. The van der Waals surface area contributed by atoms with Crippen LogP contribution in [0.25, 0.3) is 11.1 Å². The fourth-order valence-electron chi connectivity index (χ4n) is 3.88. The van der Waals surface area contributed by atoms with E-state index in [0.717, 1.165) is 16.7 Å². The number of halogens is 2. The maximum atomic E-state index is 13.4. The predicted octanol–water partition coefficient (Wildman–Crippen LogP) is 4.61. The smallest absolute Gasteiger partial charge is 0.330 e. The van der Waals surface area contributed by atoms with E-state index in [9.17, 15) is 14.0 Å². The minimum Gasteiger partial charge on any atom is -0.484 e. The zero-order valence-electron chi connectivity index (χ0n) is 17.1. The van der Waals surface area contributed by atoms with Crippen molar-refractivity contribution in [3.63, 3.8) is 0 Å². The van der Waals surface area contributed by atoms with Crippen LogP contribution in [0.15, 0.2) is 48.6 Å². The van der Waals surface area contributed by atoms with Gasteiger partial charge in [0.05, 0.1) is 18.2 Å². The Morgan fingerprint density at radius 2 is 2.03 bits per heavy atom. The molecule has 2 aromatic carbocycles. The molecule has 5 nitrogen and oxygen atoms in total. The van der Waals surface area contributed by atoms with Crippen LogP contribution in [0.2, 0.25) is 5.02 Å². The fraction of sp³-hybridized carbons (Fsp3) is 0.333. The van der Waals surface area contributed by atoms with Crippen molar-refractivity contribution in [1.29, 1.82) is 0 Å². The van der Waals surface area contributed by atoms with E-state index in [1.165, 1.54) is 6.08 Å². The van der Waals surface area contributed by atoms with Crippen molar-refractivity contribution in [1.82, 2.24) is 4.90 Å². The van der Waals surface area contributed by atoms with Crippen molar-refractivity contribution in [2.45, 2.75) is 32.0 Å². The number of nitrogens with zero attached hydrogens (tertiary/aromatic N) is 1. The third-order valence-electron chi connectivity index (χ3n) is 5.43. The second-order valence-corrected chi connectivity index (χ2v) is 8.04. The maximum absolute atomic E-state index is 13.4. The summed E-state index contributed by atoms with van der Waals surface area (Å²) >= 11 is 6.45. The molecule has 0 aliphatic carbocycles. The number of esters is 1. The molecular formula is C24H23ClFNO4. The molecule has 0 spiro atoms. The van der Waals surface area contributed by atoms with Crippen molar-refractivity contribution in [2.75, 3.05) is 19.7 Å². The number of rotatable bonds is 5. The molecular weight excluding hydrogens is 421 g/mol. The minimum absolute atomic E-state index is 0.150. The highest BCUT2D eigenvalue weighted by Crippen LogP contribution is 2.40. The number of carbonyl (C=O) groups excluding carboxylic acids is 2. The van der Waals surface area contributed by atoms with Gasteiger partial charge in [0.1, 0.15) is 18.0 Å². The molecule has 1 saturated heterocycles. The highest BCUT2D eigenvalue weighted by atomic mass is 35.5. The highest BCUT2D eigenvalue weighted by Gasteiger charge is 2.27. The second-order valence-electron chi connectivity index (χ2n) is 7.63. The third kappa shape index (κ3) is 4.74. The molecule has 4 rings (SSSR count). The minimum atomic E-state index is -0.935. The van der Waals surface area contributed by atoms with Crippen molar-refractivity contribution in [2.24, 2.45) is 0 Å². The van der Waals surface area contributed by atoms with Crippen LogP contribution in [0.3, 0.4) is 0 Å². The molecule has 0 radical (unpaired) electrons. The van der Waals surface area contributed by atoms with Crippen LogP contribution >= 0.6 is 11.6 Å². The highest BCUT2D eigenvalue weighted by molar-refractivity contribution is 6.32. The van der Waals surface area contributed by atoms with Crippen LogP contribution in [0.5, 0.6) is 5.75 Å². The Morgan fingerprint density at radius 1 is 1.26 bits per heavy atom. The lowest BCUT2D eigenvalue weighted by Crippen LogP contribution is -2.28. The van der Waals surface area contributed by atoms with Gasteiger partial charge in [-0.1, -0.05) is 23.7 Å². The molecule has 31 heavy (non-hydrogen) atoms. The third-order valence-corrected chi connectivity index (χ3v) is 5.71. The Hall–Kier alpha value is -2.86. The average molecular weight is 444 g/mol. The molecule has 162 valence electrons. The van der Waals surface area contributed by atoms with Gasteiger partial charge in [-0.2, -0.15) is 0 Å². The zero-order valence-corrected chi connectivity index (χ0v) is 17.9. The van der Waals surface area contributed by atoms with Gasteiger partial charge >= 0.3 is 5.97 Å². The van der Waals surface area contributed by atoms with Gasteiger partial charge in [0.2, 0.25) is 0 Å². The van der Waals surface area contributed by atoms with E-state index in [1.807, 2.05) is 24.3 Å². The number of hydrogen-bond donors (Lipinski definition) is 0. The van der Waals surface area contributed by atoms with Gasteiger partial charge < -0.3 is 14.4 Å². The van der Waals surface area contributed by atoms with Gasteiger partial charge in [-0.05, 0) is 54.8 Å². The van der Waals surface area contributed by atoms with Crippen molar-refractivity contribution in [3.8, 4) is 16.9 Å². The number of benzene rings is 2. The van der Waals surface area contributed by atoms with Crippen LogP contribution in [-0.4, -0.2) is 48.7 Å². The zero-order chi connectivity index (χ0) is 22.0. The van der Waals surface area contributed by atoms with Gasteiger partial charge in [0.15, 0.2) is 0 Å². The van der Waals surface area contributed by atoms with E-state index >= 15 is 0 Å². The maximum Gasteiger partial charge on any atom is 0.330 e. The molecule has 0 N–H and O–H groups in total. The summed E-state index contributed by atoms with van der Waals surface area (Å²) in [5.74, 6) is 0.0632. The van der Waals surface area contributed by atoms with Crippen molar-refractivity contribution >= 4 is 23.5 Å². The molecule has 0 aromatic heterocycles. The van der Waals surface area contributed by atoms with Gasteiger partial charge in [-0.25, -0.2) is 9.18 Å². The molecule has 2 aliphatic heterocycles. The molecule has 0 saturated carbocycles. The number of fused-ring (bicyclic) bond motifs is 1. The van der Waals surface area contributed by atoms with Gasteiger partial charge in [-0.15, -0.1) is 0 Å². The molecule has 7 heteroatoms. The van der Waals surface area contributed by atoms with E-state index in [1.54, 1.807) is 30.0 Å². The van der Waals surface area contributed by atoms with Crippen molar-refractivity contribution in [3.05, 3.63) is 64.7 Å². The molecule has 2 aromatic rings. The molecule has 2 atom stereocenters. The summed E-state index contributed by atoms with van der Waals surface area (Å²) in [5.41, 5.74) is 3.31. The monoisotopic (exact) mass is 443 g/mol. The van der Waals surface area contributed by atoms with Crippen LogP contribution in [0.4, 0.5) is 4.39 Å². The van der Waals surface area contributed by atoms with Crippen LogP contribution < -0.4 is 4.74 Å². The quantitative estimate of drug-likeness (QED) is 0.500. The molecule has 1 unspecified atom stereocenters. The molecule has 2 heterocycles. The summed E-state index contributed by atoms with van der Waals surface area (Å²) in [6.07, 6.45) is 2.82. The molecule has 1 fully saturated rings. The van der Waals surface area contributed by atoms with Gasteiger partial charge in [-0.3, -0.25) is 4.79 Å². The van der Waals surface area contributed by atoms with Crippen LogP contribution in [0, 0.1) is 0 Å². The number of alkyl halides is 1. The van der Waals surface area contributed by atoms with E-state index in [0.29, 0.717) is 42.3 Å². The Balaban J connectivity index is 1.48. The first-order valence-corrected chi connectivity index (χ1v) is 10.7. The van der Waals surface area contributed by atoms with Gasteiger partial charge in [0.25, 0.3) is 5.91 Å². The number of likely N-dealkylation sites (tertiary alicyclic amines) is 1. The molecule has 0 bridgehead atoms. The van der Waals surface area contributed by atoms with Crippen molar-refractivity contribution < 1.29 is 23.5 Å². The fourth-order valence-corrected chi connectivity index (χ4v) is 4.17. The lowest BCUT2D eigenvalue weighted by molar-refractivity contribution is -0.137. The van der Waals surface area contributed by atoms with E-state index in [-0.39, 0.29) is 18.6 Å². The number of ether oxygens (including phenoxy) is 2. The number of carbonyl (C=O) groups is 2. The molecule has 1 amide bonds. The van der Waals surface area contributed by atoms with Crippen LogP contribution in [-0.2, 0) is 16.0 Å². The predicted molar refractivity (Wildman–Crippen MR) is 116 cm³/mol. The Bertz CT molecular complexity index is 1020. The number of hydrogen-bond acceptors (Lipinski definition) is 4. The Kier molecular flexibility index (Phi) is 6.28. The van der Waals surface area contributed by atoms with E-state index in [4.69, 9.17) is 21.1 Å². The first-order valence-electron chi connectivity index (χ1n) is 10.3. The standard InChI is InChI=1S/C24H23ClFNO4/c1-2-30-22(28)8-7-20-12-18-11-17(13-21(25)23(18)31-20)15-3-5-16(6-4-15)24(29)27-10-9-19(26)14-27/h3-8,11,13,19-20H,2,9-10,12,14H2,1H3/b8-7+/t19-,20?/m0/s1. The lowest BCUT2D eigenvalue weighted by atomic mass is 9.99. The summed E-state index contributed by atoms with van der Waals surface area (Å²) in [7, 11) is 0. The van der Waals surface area contributed by atoms with Crippen LogP contribution in [0.1, 0.15) is 29.3 Å². The largest absolute Gasteiger partial charge is 0.484 e. The number of amides is 1. The van der Waals surface area contributed by atoms with E-state index < -0.39 is 12.1 Å². The second kappa shape index (κ2) is 9.10. The van der Waals surface area contributed by atoms with Gasteiger partial charge in [0, 0.05) is 30.2 Å². The summed E-state index contributed by atoms with van der Waals surface area (Å²) in [5, 5.41) is 0.491.